The molecule has 3 heteroatoms. The van der Waals surface area contributed by atoms with Gasteiger partial charge in [-0.25, -0.2) is 9.97 Å². The van der Waals surface area contributed by atoms with Crippen molar-refractivity contribution in [2.24, 2.45) is 5.41 Å². The average molecular weight is 219 g/mol. The van der Waals surface area contributed by atoms with Crippen molar-refractivity contribution < 1.29 is 0 Å². The van der Waals surface area contributed by atoms with Crippen molar-refractivity contribution in [3.05, 3.63) is 22.8 Å². The molecule has 3 nitrogen and oxygen atoms in total. The van der Waals surface area contributed by atoms with Crippen molar-refractivity contribution in [1.82, 2.24) is 15.3 Å². The van der Waals surface area contributed by atoms with Gasteiger partial charge in [0.05, 0.1) is 5.69 Å². The lowest BCUT2D eigenvalue weighted by Crippen LogP contribution is -2.27. The third-order valence-electron chi connectivity index (χ3n) is 2.88. The molecule has 0 radical (unpaired) electrons. The van der Waals surface area contributed by atoms with E-state index in [1.54, 1.807) is 0 Å². The number of rotatable bonds is 1. The first-order valence-corrected chi connectivity index (χ1v) is 6.02. The Balaban J connectivity index is 2.32. The summed E-state index contributed by atoms with van der Waals surface area (Å²) in [4.78, 5) is 9.32. The molecule has 0 bridgehead atoms. The SMILES string of the molecule is Cc1nc(CC(C)(C)C)nc2c1CCNC2. The molecule has 0 aromatic carbocycles. The summed E-state index contributed by atoms with van der Waals surface area (Å²) in [5.41, 5.74) is 3.99. The van der Waals surface area contributed by atoms with Gasteiger partial charge in [-0.3, -0.25) is 0 Å². The zero-order chi connectivity index (χ0) is 11.8. The van der Waals surface area contributed by atoms with Crippen LogP contribution in [0.3, 0.4) is 0 Å². The van der Waals surface area contributed by atoms with Crippen molar-refractivity contribution in [3.63, 3.8) is 0 Å². The van der Waals surface area contributed by atoms with E-state index in [2.05, 4.69) is 43.0 Å². The molecule has 1 aliphatic rings. The fraction of sp³-hybridized carbons (Fsp3) is 0.692. The summed E-state index contributed by atoms with van der Waals surface area (Å²) in [6.07, 6.45) is 2.01. The summed E-state index contributed by atoms with van der Waals surface area (Å²) in [6.45, 7) is 10.7. The number of fused-ring (bicyclic) bond motifs is 1. The van der Waals surface area contributed by atoms with Gasteiger partial charge in [0.15, 0.2) is 0 Å². The third-order valence-corrected chi connectivity index (χ3v) is 2.88. The summed E-state index contributed by atoms with van der Waals surface area (Å²) in [5, 5.41) is 3.37. The molecule has 2 rings (SSSR count). The number of nitrogens with zero attached hydrogens (tertiary/aromatic N) is 2. The smallest absolute Gasteiger partial charge is 0.129 e. The Morgan fingerprint density at radius 3 is 2.69 bits per heavy atom. The topological polar surface area (TPSA) is 37.8 Å². The van der Waals surface area contributed by atoms with Crippen LogP contribution in [0.1, 0.15) is 43.5 Å². The second-order valence-electron chi connectivity index (χ2n) is 5.81. The van der Waals surface area contributed by atoms with Crippen molar-refractivity contribution >= 4 is 0 Å². The van der Waals surface area contributed by atoms with Crippen LogP contribution in [-0.2, 0) is 19.4 Å². The molecule has 0 spiro atoms. The molecule has 0 unspecified atom stereocenters. The molecule has 0 saturated carbocycles. The van der Waals surface area contributed by atoms with E-state index >= 15 is 0 Å². The number of hydrogen-bond acceptors (Lipinski definition) is 3. The molecule has 1 aromatic heterocycles. The zero-order valence-electron chi connectivity index (χ0n) is 10.7. The summed E-state index contributed by atoms with van der Waals surface area (Å²) in [5.74, 6) is 0.993. The molecule has 0 saturated heterocycles. The van der Waals surface area contributed by atoms with Gasteiger partial charge in [-0.15, -0.1) is 0 Å². The molecule has 0 atom stereocenters. The van der Waals surface area contributed by atoms with E-state index < -0.39 is 0 Å². The number of aryl methyl sites for hydroxylation is 1. The quantitative estimate of drug-likeness (QED) is 0.785. The van der Waals surface area contributed by atoms with Crippen LogP contribution in [0.5, 0.6) is 0 Å². The van der Waals surface area contributed by atoms with Gasteiger partial charge >= 0.3 is 0 Å². The van der Waals surface area contributed by atoms with Gasteiger partial charge in [-0.05, 0) is 30.9 Å². The zero-order valence-corrected chi connectivity index (χ0v) is 10.7. The van der Waals surface area contributed by atoms with Crippen molar-refractivity contribution in [2.45, 2.75) is 47.1 Å². The van der Waals surface area contributed by atoms with Crippen LogP contribution < -0.4 is 5.32 Å². The third kappa shape index (κ3) is 2.59. The number of hydrogen-bond donors (Lipinski definition) is 1. The molecule has 0 amide bonds. The maximum atomic E-state index is 4.69. The molecular formula is C13H21N3. The van der Waals surface area contributed by atoms with E-state index in [4.69, 9.17) is 0 Å². The molecular weight excluding hydrogens is 198 g/mol. The molecule has 2 heterocycles. The van der Waals surface area contributed by atoms with Crippen LogP contribution in [0, 0.1) is 12.3 Å². The predicted octanol–water partition coefficient (Wildman–Crippen LogP) is 2.02. The van der Waals surface area contributed by atoms with Gasteiger partial charge in [-0.1, -0.05) is 20.8 Å². The highest BCUT2D eigenvalue weighted by atomic mass is 15.0. The molecule has 88 valence electrons. The Hall–Kier alpha value is -0.960. The highest BCUT2D eigenvalue weighted by molar-refractivity contribution is 5.27. The second kappa shape index (κ2) is 4.13. The van der Waals surface area contributed by atoms with Crippen molar-refractivity contribution in [1.29, 1.82) is 0 Å². The lowest BCUT2D eigenvalue weighted by atomic mass is 9.91. The monoisotopic (exact) mass is 219 g/mol. The van der Waals surface area contributed by atoms with Crippen LogP contribution in [0.4, 0.5) is 0 Å². The second-order valence-corrected chi connectivity index (χ2v) is 5.81. The molecule has 1 aromatic rings. The minimum atomic E-state index is 0.253. The predicted molar refractivity (Wildman–Crippen MR) is 65.3 cm³/mol. The van der Waals surface area contributed by atoms with Gasteiger partial charge < -0.3 is 5.32 Å². The molecule has 0 fully saturated rings. The Morgan fingerprint density at radius 1 is 1.25 bits per heavy atom. The average Bonchev–Trinajstić information content (AvgIpc) is 2.15. The highest BCUT2D eigenvalue weighted by Crippen LogP contribution is 2.21. The van der Waals surface area contributed by atoms with Gasteiger partial charge in [-0.2, -0.15) is 0 Å². The standard InChI is InChI=1S/C13H21N3/c1-9-10-5-6-14-8-11(10)16-12(15-9)7-13(2,3)4/h14H,5-8H2,1-4H3. The van der Waals surface area contributed by atoms with Crippen molar-refractivity contribution in [2.75, 3.05) is 6.54 Å². The van der Waals surface area contributed by atoms with Crippen LogP contribution in [0.15, 0.2) is 0 Å². The van der Waals surface area contributed by atoms with Gasteiger partial charge in [0.2, 0.25) is 0 Å². The maximum absolute atomic E-state index is 4.69. The van der Waals surface area contributed by atoms with E-state index in [1.807, 2.05) is 0 Å². The first-order chi connectivity index (χ1) is 7.46. The van der Waals surface area contributed by atoms with Gasteiger partial charge in [0.25, 0.3) is 0 Å². The largest absolute Gasteiger partial charge is 0.311 e. The summed E-state index contributed by atoms with van der Waals surface area (Å²) >= 11 is 0. The van der Waals surface area contributed by atoms with E-state index in [-0.39, 0.29) is 5.41 Å². The maximum Gasteiger partial charge on any atom is 0.129 e. The van der Waals surface area contributed by atoms with Crippen molar-refractivity contribution in [3.8, 4) is 0 Å². The lowest BCUT2D eigenvalue weighted by molar-refractivity contribution is 0.398. The minimum absolute atomic E-state index is 0.253. The number of nitrogens with one attached hydrogen (secondary N) is 1. The summed E-state index contributed by atoms with van der Waals surface area (Å²) in [7, 11) is 0. The molecule has 0 aliphatic carbocycles. The fourth-order valence-electron chi connectivity index (χ4n) is 2.16. The van der Waals surface area contributed by atoms with Crippen LogP contribution >= 0.6 is 0 Å². The lowest BCUT2D eigenvalue weighted by Gasteiger charge is -2.21. The molecule has 1 N–H and O–H groups in total. The Bertz CT molecular complexity index is 391. The number of aromatic nitrogens is 2. The fourth-order valence-corrected chi connectivity index (χ4v) is 2.16. The minimum Gasteiger partial charge on any atom is -0.311 e. The summed E-state index contributed by atoms with van der Waals surface area (Å²) in [6, 6.07) is 0. The van der Waals surface area contributed by atoms with Crippen LogP contribution in [0.2, 0.25) is 0 Å². The molecule has 16 heavy (non-hydrogen) atoms. The van der Waals surface area contributed by atoms with Gasteiger partial charge in [0, 0.05) is 18.7 Å². The van der Waals surface area contributed by atoms with E-state index in [1.165, 1.54) is 17.0 Å². The first kappa shape index (κ1) is 11.5. The Labute approximate surface area is 97.7 Å². The summed E-state index contributed by atoms with van der Waals surface area (Å²) < 4.78 is 0. The first-order valence-electron chi connectivity index (χ1n) is 6.02. The molecule has 1 aliphatic heterocycles. The van der Waals surface area contributed by atoms with E-state index in [9.17, 15) is 0 Å². The van der Waals surface area contributed by atoms with E-state index in [0.29, 0.717) is 0 Å². The van der Waals surface area contributed by atoms with E-state index in [0.717, 1.165) is 31.8 Å². The highest BCUT2D eigenvalue weighted by Gasteiger charge is 2.18. The van der Waals surface area contributed by atoms with Gasteiger partial charge in [0.1, 0.15) is 5.82 Å². The Kier molecular flexibility index (Phi) is 2.98. The normalized spacial score (nSPS) is 16.0. The van der Waals surface area contributed by atoms with Crippen LogP contribution in [0.25, 0.3) is 0 Å². The Morgan fingerprint density at radius 2 is 2.00 bits per heavy atom. The van der Waals surface area contributed by atoms with Crippen LogP contribution in [-0.4, -0.2) is 16.5 Å².